The largest absolute Gasteiger partial charge is 0.497 e. The number of ether oxygens (including phenoxy) is 1. The zero-order valence-corrected chi connectivity index (χ0v) is 16.2. The lowest BCUT2D eigenvalue weighted by molar-refractivity contribution is 0.414. The number of rotatable bonds is 7. The van der Waals surface area contributed by atoms with Crippen molar-refractivity contribution in [3.05, 3.63) is 52.8 Å². The molecule has 2 rings (SSSR count). The van der Waals surface area contributed by atoms with E-state index < -0.39 is 0 Å². The van der Waals surface area contributed by atoms with Gasteiger partial charge in [-0.15, -0.1) is 0 Å². The topological polar surface area (TPSA) is 41.8 Å². The van der Waals surface area contributed by atoms with E-state index in [-0.39, 0.29) is 0 Å². The Morgan fingerprint density at radius 2 is 2.16 bits per heavy atom. The van der Waals surface area contributed by atoms with Crippen LogP contribution >= 0.6 is 11.6 Å². The average molecular weight is 363 g/mol. The molecular weight excluding hydrogens is 336 g/mol. The van der Waals surface area contributed by atoms with E-state index in [0.29, 0.717) is 6.54 Å². The second-order valence-corrected chi connectivity index (χ2v) is 6.39. The molecule has 0 aliphatic rings. The molecule has 136 valence electrons. The number of hydrogen-bond donors (Lipinski definition) is 1. The maximum atomic E-state index is 6.07. The Hall–Kier alpha value is -2.14. The van der Waals surface area contributed by atoms with Gasteiger partial charge in [-0.05, 0) is 37.1 Å². The highest BCUT2D eigenvalue weighted by molar-refractivity contribution is 6.30. The van der Waals surface area contributed by atoms with E-state index in [9.17, 15) is 0 Å². The fourth-order valence-electron chi connectivity index (χ4n) is 2.63. The number of nitrogens with zero attached hydrogens (tertiary/aromatic N) is 3. The molecule has 0 amide bonds. The molecule has 0 bridgehead atoms. The summed E-state index contributed by atoms with van der Waals surface area (Å²) >= 11 is 6.07. The van der Waals surface area contributed by atoms with Gasteiger partial charge in [-0.3, -0.25) is 4.99 Å². The van der Waals surface area contributed by atoms with E-state index in [2.05, 4.69) is 29.3 Å². The fraction of sp³-hybridized carbons (Fsp3) is 0.421. The summed E-state index contributed by atoms with van der Waals surface area (Å²) in [6.45, 7) is 4.36. The van der Waals surface area contributed by atoms with Gasteiger partial charge in [0.15, 0.2) is 5.96 Å². The second-order valence-electron chi connectivity index (χ2n) is 5.95. The molecule has 0 radical (unpaired) electrons. The van der Waals surface area contributed by atoms with Crippen LogP contribution < -0.4 is 10.1 Å². The summed E-state index contributed by atoms with van der Waals surface area (Å²) in [4.78, 5) is 6.86. The van der Waals surface area contributed by atoms with E-state index in [1.807, 2.05) is 43.1 Å². The first-order valence-electron chi connectivity index (χ1n) is 8.46. The third-order valence-electron chi connectivity index (χ3n) is 3.97. The molecular formula is C19H27ClN4O. The van der Waals surface area contributed by atoms with Gasteiger partial charge in [0.2, 0.25) is 0 Å². The predicted molar refractivity (Wildman–Crippen MR) is 105 cm³/mol. The van der Waals surface area contributed by atoms with Crippen molar-refractivity contribution in [2.75, 3.05) is 27.2 Å². The Balaban J connectivity index is 2.00. The number of aromatic nitrogens is 1. The number of aliphatic imine (C=N–C) groups is 1. The summed E-state index contributed by atoms with van der Waals surface area (Å²) in [6.07, 6.45) is 2.79. The Labute approximate surface area is 155 Å². The van der Waals surface area contributed by atoms with Crippen molar-refractivity contribution >= 4 is 17.6 Å². The van der Waals surface area contributed by atoms with Crippen LogP contribution in [0.4, 0.5) is 0 Å². The van der Waals surface area contributed by atoms with Crippen molar-refractivity contribution in [2.45, 2.75) is 19.9 Å². The minimum atomic E-state index is 0.716. The Kier molecular flexibility index (Phi) is 7.19. The maximum Gasteiger partial charge on any atom is 0.194 e. The van der Waals surface area contributed by atoms with E-state index in [0.717, 1.165) is 41.9 Å². The number of methoxy groups -OCH3 is 1. The standard InChI is InChI=1S/C19H27ClN4O/c1-5-21-19(24(3)14-17-12-16(20)13-23(17)2)22-10-9-15-7-6-8-18(11-15)25-4/h6-8,11-13H,5,9-10,14H2,1-4H3,(H,21,22). The molecule has 0 saturated heterocycles. The van der Waals surface area contributed by atoms with E-state index in [4.69, 9.17) is 21.3 Å². The minimum Gasteiger partial charge on any atom is -0.497 e. The lowest BCUT2D eigenvalue weighted by Gasteiger charge is -2.22. The smallest absolute Gasteiger partial charge is 0.194 e. The van der Waals surface area contributed by atoms with Crippen LogP contribution in [0.15, 0.2) is 41.5 Å². The first-order chi connectivity index (χ1) is 12.0. The van der Waals surface area contributed by atoms with E-state index in [1.165, 1.54) is 5.56 Å². The summed E-state index contributed by atoms with van der Waals surface area (Å²) in [5, 5.41) is 4.10. The molecule has 0 aliphatic heterocycles. The highest BCUT2D eigenvalue weighted by Crippen LogP contribution is 2.15. The first-order valence-corrected chi connectivity index (χ1v) is 8.84. The normalized spacial score (nSPS) is 11.5. The van der Waals surface area contributed by atoms with Crippen molar-refractivity contribution < 1.29 is 4.74 Å². The fourth-order valence-corrected chi connectivity index (χ4v) is 2.90. The molecule has 0 saturated carbocycles. The molecule has 0 aliphatic carbocycles. The molecule has 0 atom stereocenters. The van der Waals surface area contributed by atoms with Crippen LogP contribution in [0.25, 0.3) is 0 Å². The summed E-state index contributed by atoms with van der Waals surface area (Å²) in [5.41, 5.74) is 2.36. The molecule has 0 fully saturated rings. The monoisotopic (exact) mass is 362 g/mol. The third kappa shape index (κ3) is 5.71. The van der Waals surface area contributed by atoms with Crippen LogP contribution in [0, 0.1) is 0 Å². The molecule has 1 heterocycles. The molecule has 2 aromatic rings. The summed E-state index contributed by atoms with van der Waals surface area (Å²) in [7, 11) is 5.72. The van der Waals surface area contributed by atoms with Gasteiger partial charge < -0.3 is 19.5 Å². The van der Waals surface area contributed by atoms with Crippen LogP contribution in [0.3, 0.4) is 0 Å². The van der Waals surface area contributed by atoms with Gasteiger partial charge in [0.1, 0.15) is 5.75 Å². The van der Waals surface area contributed by atoms with Crippen LogP contribution in [0.5, 0.6) is 5.75 Å². The molecule has 0 unspecified atom stereocenters. The maximum absolute atomic E-state index is 6.07. The van der Waals surface area contributed by atoms with Crippen molar-refractivity contribution in [2.24, 2.45) is 12.0 Å². The Bertz CT molecular complexity index is 711. The van der Waals surface area contributed by atoms with E-state index in [1.54, 1.807) is 7.11 Å². The van der Waals surface area contributed by atoms with Gasteiger partial charge in [0.25, 0.3) is 0 Å². The SMILES string of the molecule is CCNC(=NCCc1cccc(OC)c1)N(C)Cc1cc(Cl)cn1C. The molecule has 0 spiro atoms. The number of hydrogen-bond acceptors (Lipinski definition) is 2. The lowest BCUT2D eigenvalue weighted by atomic mass is 10.1. The second kappa shape index (κ2) is 9.37. The molecule has 1 N–H and O–H groups in total. The van der Waals surface area contributed by atoms with Crippen LogP contribution in [-0.2, 0) is 20.0 Å². The third-order valence-corrected chi connectivity index (χ3v) is 4.17. The van der Waals surface area contributed by atoms with Crippen LogP contribution in [-0.4, -0.2) is 42.7 Å². The molecule has 1 aromatic carbocycles. The highest BCUT2D eigenvalue weighted by Gasteiger charge is 2.09. The average Bonchev–Trinajstić information content (AvgIpc) is 2.91. The molecule has 25 heavy (non-hydrogen) atoms. The van der Waals surface area contributed by atoms with Gasteiger partial charge in [-0.1, -0.05) is 23.7 Å². The Morgan fingerprint density at radius 3 is 2.80 bits per heavy atom. The predicted octanol–water partition coefficient (Wildman–Crippen LogP) is 3.33. The van der Waals surface area contributed by atoms with Crippen molar-refractivity contribution in [3.8, 4) is 5.75 Å². The van der Waals surface area contributed by atoms with Gasteiger partial charge in [-0.2, -0.15) is 0 Å². The van der Waals surface area contributed by atoms with Gasteiger partial charge in [0.05, 0.1) is 18.7 Å². The summed E-state index contributed by atoms with van der Waals surface area (Å²) in [5.74, 6) is 1.77. The van der Waals surface area contributed by atoms with Crippen LogP contribution in [0.2, 0.25) is 5.02 Å². The zero-order chi connectivity index (χ0) is 18.2. The van der Waals surface area contributed by atoms with Crippen molar-refractivity contribution in [1.82, 2.24) is 14.8 Å². The van der Waals surface area contributed by atoms with E-state index >= 15 is 0 Å². The van der Waals surface area contributed by atoms with Gasteiger partial charge >= 0.3 is 0 Å². The molecule has 1 aromatic heterocycles. The Morgan fingerprint density at radius 1 is 1.36 bits per heavy atom. The molecule has 5 nitrogen and oxygen atoms in total. The van der Waals surface area contributed by atoms with Crippen molar-refractivity contribution in [1.29, 1.82) is 0 Å². The first kappa shape index (κ1) is 19.2. The zero-order valence-electron chi connectivity index (χ0n) is 15.4. The minimum absolute atomic E-state index is 0.716. The summed E-state index contributed by atoms with van der Waals surface area (Å²) < 4.78 is 7.31. The number of halogens is 1. The summed E-state index contributed by atoms with van der Waals surface area (Å²) in [6, 6.07) is 10.1. The highest BCUT2D eigenvalue weighted by atomic mass is 35.5. The number of guanidine groups is 1. The molecule has 6 heteroatoms. The van der Waals surface area contributed by atoms with Gasteiger partial charge in [-0.25, -0.2) is 0 Å². The van der Waals surface area contributed by atoms with Gasteiger partial charge in [0, 0.05) is 39.1 Å². The van der Waals surface area contributed by atoms with Crippen molar-refractivity contribution in [3.63, 3.8) is 0 Å². The lowest BCUT2D eigenvalue weighted by Crippen LogP contribution is -2.39. The quantitative estimate of drug-likeness (QED) is 0.606. The number of aryl methyl sites for hydroxylation is 1. The number of benzene rings is 1. The van der Waals surface area contributed by atoms with Crippen LogP contribution in [0.1, 0.15) is 18.2 Å². The number of nitrogens with one attached hydrogen (secondary N) is 1.